The van der Waals surface area contributed by atoms with Gasteiger partial charge in [0.25, 0.3) is 0 Å². The molecule has 1 aliphatic rings. The summed E-state index contributed by atoms with van der Waals surface area (Å²) in [6, 6.07) is 0. The van der Waals surface area contributed by atoms with Crippen LogP contribution in [0.25, 0.3) is 0 Å². The van der Waals surface area contributed by atoms with Gasteiger partial charge in [-0.15, -0.1) is 0 Å². The van der Waals surface area contributed by atoms with Crippen LogP contribution in [0.1, 0.15) is 6.42 Å². The number of rotatable bonds is 1. The molecule has 5 heteroatoms. The molecule has 0 aromatic carbocycles. The van der Waals surface area contributed by atoms with Crippen LogP contribution in [0.5, 0.6) is 0 Å². The van der Waals surface area contributed by atoms with Gasteiger partial charge in [-0.1, -0.05) is 0 Å². The first-order valence-corrected chi connectivity index (χ1v) is 5.42. The summed E-state index contributed by atoms with van der Waals surface area (Å²) >= 11 is 0. The normalized spacial score (nSPS) is 36.9. The standard InChI is InChI=1S/C6H12FNO2S/c7-6-4-11(9,10)2-1-5(6)3-8/h5-6H,1-4,8H2. The Balaban J connectivity index is 2.62. The quantitative estimate of drug-likeness (QED) is 0.605. The van der Waals surface area contributed by atoms with Crippen molar-refractivity contribution in [2.45, 2.75) is 12.6 Å². The number of alkyl halides is 1. The number of halogens is 1. The van der Waals surface area contributed by atoms with Gasteiger partial charge in [0.1, 0.15) is 6.17 Å². The first-order chi connectivity index (χ1) is 5.05. The minimum Gasteiger partial charge on any atom is -0.330 e. The van der Waals surface area contributed by atoms with E-state index in [4.69, 9.17) is 5.73 Å². The van der Waals surface area contributed by atoms with E-state index >= 15 is 0 Å². The maximum absolute atomic E-state index is 12.9. The van der Waals surface area contributed by atoms with E-state index in [2.05, 4.69) is 0 Å². The molecule has 0 aromatic rings. The number of sulfone groups is 1. The molecule has 1 saturated heterocycles. The van der Waals surface area contributed by atoms with Crippen molar-refractivity contribution in [3.8, 4) is 0 Å². The Morgan fingerprint density at radius 3 is 2.64 bits per heavy atom. The Morgan fingerprint density at radius 2 is 2.18 bits per heavy atom. The summed E-state index contributed by atoms with van der Waals surface area (Å²) in [6.45, 7) is 0.247. The summed E-state index contributed by atoms with van der Waals surface area (Å²) in [5.41, 5.74) is 5.25. The van der Waals surface area contributed by atoms with E-state index in [1.165, 1.54) is 0 Å². The summed E-state index contributed by atoms with van der Waals surface area (Å²) in [5, 5.41) is 0. The highest BCUT2D eigenvalue weighted by Gasteiger charge is 2.31. The predicted octanol–water partition coefficient (Wildman–Crippen LogP) is -0.282. The third kappa shape index (κ3) is 2.13. The second-order valence-electron chi connectivity index (χ2n) is 2.91. The lowest BCUT2D eigenvalue weighted by atomic mass is 10.0. The number of hydrogen-bond donors (Lipinski definition) is 1. The van der Waals surface area contributed by atoms with Gasteiger partial charge < -0.3 is 5.73 Å². The van der Waals surface area contributed by atoms with Crippen LogP contribution >= 0.6 is 0 Å². The Hall–Kier alpha value is -0.160. The highest BCUT2D eigenvalue weighted by Crippen LogP contribution is 2.20. The fourth-order valence-electron chi connectivity index (χ4n) is 1.24. The maximum Gasteiger partial charge on any atom is 0.153 e. The van der Waals surface area contributed by atoms with Gasteiger partial charge in [0.05, 0.1) is 11.5 Å². The fraction of sp³-hybridized carbons (Fsp3) is 1.00. The van der Waals surface area contributed by atoms with E-state index in [1.807, 2.05) is 0 Å². The van der Waals surface area contributed by atoms with E-state index in [-0.39, 0.29) is 24.0 Å². The van der Waals surface area contributed by atoms with Crippen LogP contribution in [0, 0.1) is 5.92 Å². The molecule has 2 unspecified atom stereocenters. The molecule has 66 valence electrons. The number of hydrogen-bond acceptors (Lipinski definition) is 3. The van der Waals surface area contributed by atoms with Crippen LogP contribution in [-0.4, -0.2) is 32.6 Å². The van der Waals surface area contributed by atoms with Gasteiger partial charge in [0, 0.05) is 5.92 Å². The lowest BCUT2D eigenvalue weighted by Gasteiger charge is -2.24. The van der Waals surface area contributed by atoms with Gasteiger partial charge in [-0.3, -0.25) is 0 Å². The molecule has 1 aliphatic heterocycles. The van der Waals surface area contributed by atoms with Crippen LogP contribution < -0.4 is 5.73 Å². The molecule has 0 radical (unpaired) electrons. The topological polar surface area (TPSA) is 60.2 Å². The third-order valence-corrected chi connectivity index (χ3v) is 3.71. The van der Waals surface area contributed by atoms with Gasteiger partial charge in [0.2, 0.25) is 0 Å². The highest BCUT2D eigenvalue weighted by molar-refractivity contribution is 7.91. The van der Waals surface area contributed by atoms with Crippen LogP contribution in [0.15, 0.2) is 0 Å². The zero-order valence-corrected chi connectivity index (χ0v) is 6.98. The van der Waals surface area contributed by atoms with Crippen molar-refractivity contribution < 1.29 is 12.8 Å². The van der Waals surface area contributed by atoms with Crippen LogP contribution in [-0.2, 0) is 9.84 Å². The second-order valence-corrected chi connectivity index (χ2v) is 5.14. The van der Waals surface area contributed by atoms with E-state index in [1.54, 1.807) is 0 Å². The molecule has 0 aromatic heterocycles. The highest BCUT2D eigenvalue weighted by atomic mass is 32.2. The fourth-order valence-corrected chi connectivity index (χ4v) is 2.83. The Bertz CT molecular complexity index is 227. The molecule has 0 amide bonds. The van der Waals surface area contributed by atoms with Crippen LogP contribution in [0.2, 0.25) is 0 Å². The number of nitrogens with two attached hydrogens (primary N) is 1. The van der Waals surface area contributed by atoms with E-state index < -0.39 is 16.0 Å². The molecule has 0 spiro atoms. The minimum absolute atomic E-state index is 0.0925. The van der Waals surface area contributed by atoms with Gasteiger partial charge in [-0.2, -0.15) is 0 Å². The average Bonchev–Trinajstić information content (AvgIpc) is 1.86. The molecule has 0 saturated carbocycles. The second kappa shape index (κ2) is 3.06. The Labute approximate surface area is 65.7 Å². The molecule has 3 nitrogen and oxygen atoms in total. The van der Waals surface area contributed by atoms with Gasteiger partial charge in [-0.05, 0) is 13.0 Å². The van der Waals surface area contributed by atoms with Gasteiger partial charge in [-0.25, -0.2) is 12.8 Å². The monoisotopic (exact) mass is 181 g/mol. The zero-order chi connectivity index (χ0) is 8.48. The lowest BCUT2D eigenvalue weighted by Crippen LogP contribution is -2.37. The first kappa shape index (κ1) is 8.93. The summed E-state index contributed by atoms with van der Waals surface area (Å²) in [4.78, 5) is 0. The molecule has 1 rings (SSSR count). The van der Waals surface area contributed by atoms with Crippen LogP contribution in [0.4, 0.5) is 4.39 Å². The molecular weight excluding hydrogens is 169 g/mol. The SMILES string of the molecule is NCC1CCS(=O)(=O)CC1F. The molecule has 1 fully saturated rings. The molecule has 0 bridgehead atoms. The van der Waals surface area contributed by atoms with Gasteiger partial charge >= 0.3 is 0 Å². The molecular formula is C6H12FNO2S. The molecule has 2 atom stereocenters. The minimum atomic E-state index is -3.11. The van der Waals surface area contributed by atoms with Crippen molar-refractivity contribution in [2.24, 2.45) is 11.7 Å². The molecule has 2 N–H and O–H groups in total. The Kier molecular flexibility index (Phi) is 2.49. The zero-order valence-electron chi connectivity index (χ0n) is 6.16. The molecule has 11 heavy (non-hydrogen) atoms. The van der Waals surface area contributed by atoms with Gasteiger partial charge in [0.15, 0.2) is 9.84 Å². The van der Waals surface area contributed by atoms with Crippen molar-refractivity contribution >= 4 is 9.84 Å². The first-order valence-electron chi connectivity index (χ1n) is 3.60. The summed E-state index contributed by atoms with van der Waals surface area (Å²) in [5.74, 6) is -0.497. The maximum atomic E-state index is 12.9. The summed E-state index contributed by atoms with van der Waals surface area (Å²) < 4.78 is 34.6. The summed E-state index contributed by atoms with van der Waals surface area (Å²) in [7, 11) is -3.11. The van der Waals surface area contributed by atoms with Crippen molar-refractivity contribution in [1.29, 1.82) is 0 Å². The summed E-state index contributed by atoms with van der Waals surface area (Å²) in [6.07, 6.45) is -0.876. The van der Waals surface area contributed by atoms with E-state index in [9.17, 15) is 12.8 Å². The van der Waals surface area contributed by atoms with Crippen molar-refractivity contribution in [2.75, 3.05) is 18.1 Å². The van der Waals surface area contributed by atoms with E-state index in [0.717, 1.165) is 0 Å². The lowest BCUT2D eigenvalue weighted by molar-refractivity contribution is 0.242. The molecule has 1 heterocycles. The Morgan fingerprint density at radius 1 is 1.55 bits per heavy atom. The van der Waals surface area contributed by atoms with Crippen LogP contribution in [0.3, 0.4) is 0 Å². The smallest absolute Gasteiger partial charge is 0.153 e. The third-order valence-electron chi connectivity index (χ3n) is 2.03. The van der Waals surface area contributed by atoms with Crippen molar-refractivity contribution in [1.82, 2.24) is 0 Å². The molecule has 0 aliphatic carbocycles. The van der Waals surface area contributed by atoms with E-state index in [0.29, 0.717) is 6.42 Å². The average molecular weight is 181 g/mol. The van der Waals surface area contributed by atoms with Crippen molar-refractivity contribution in [3.63, 3.8) is 0 Å². The largest absolute Gasteiger partial charge is 0.330 e. The predicted molar refractivity (Wildman–Crippen MR) is 40.7 cm³/mol. The van der Waals surface area contributed by atoms with Crippen molar-refractivity contribution in [3.05, 3.63) is 0 Å².